The lowest BCUT2D eigenvalue weighted by Crippen LogP contribution is -2.65. The molecule has 5 fully saturated rings. The fourth-order valence-corrected chi connectivity index (χ4v) is 9.40. The summed E-state index contributed by atoms with van der Waals surface area (Å²) in [6.07, 6.45) is 4.34. The molecule has 0 spiro atoms. The summed E-state index contributed by atoms with van der Waals surface area (Å²) in [6.45, 7) is 11.2. The third kappa shape index (κ3) is 8.43. The summed E-state index contributed by atoms with van der Waals surface area (Å²) in [7, 11) is -0.707. The average Bonchev–Trinajstić information content (AvgIpc) is 3.74. The Morgan fingerprint density at radius 2 is 1.85 bits per heavy atom. The van der Waals surface area contributed by atoms with Crippen LogP contribution in [-0.4, -0.2) is 79.2 Å². The first-order valence-electron chi connectivity index (χ1n) is 18.9. The van der Waals surface area contributed by atoms with Crippen molar-refractivity contribution in [2.24, 2.45) is 29.1 Å². The smallest absolute Gasteiger partial charge is 0.404 e. The van der Waals surface area contributed by atoms with Gasteiger partial charge in [-0.3, -0.25) is 14.4 Å². The summed E-state index contributed by atoms with van der Waals surface area (Å²) in [4.78, 5) is 43.0. The van der Waals surface area contributed by atoms with Crippen molar-refractivity contribution in [3.63, 3.8) is 0 Å². The molecule has 2 aromatic rings. The average molecular weight is 766 g/mol. The predicted octanol–water partition coefficient (Wildman–Crippen LogP) is 6.28. The summed E-state index contributed by atoms with van der Waals surface area (Å²) < 4.78 is 19.6. The highest BCUT2D eigenvalue weighted by atomic mass is 35.5. The van der Waals surface area contributed by atoms with Crippen molar-refractivity contribution in [2.45, 2.75) is 103 Å². The third-order valence-corrected chi connectivity index (χ3v) is 12.7. The molecule has 8 atom stereocenters. The number of amides is 3. The molecule has 0 aromatic heterocycles. The highest BCUT2D eigenvalue weighted by Gasteiger charge is 2.68. The van der Waals surface area contributed by atoms with Gasteiger partial charge < -0.3 is 29.6 Å². The van der Waals surface area contributed by atoms with Crippen molar-refractivity contribution >= 4 is 48.0 Å². The van der Waals surface area contributed by atoms with Gasteiger partial charge in [0, 0.05) is 11.6 Å². The van der Waals surface area contributed by atoms with Gasteiger partial charge in [0.25, 0.3) is 5.91 Å². The fraction of sp³-hybridized carbons (Fsp3) is 0.600. The lowest BCUT2D eigenvalue weighted by atomic mass is 9.43. The molecule has 3 saturated carbocycles. The summed E-state index contributed by atoms with van der Waals surface area (Å²) in [6, 6.07) is 15.2. The highest BCUT2D eigenvalue weighted by Crippen LogP contribution is 2.65. The Balaban J connectivity index is 1.20. The van der Waals surface area contributed by atoms with Gasteiger partial charge in [0.2, 0.25) is 11.8 Å². The zero-order valence-electron chi connectivity index (χ0n) is 31.3. The van der Waals surface area contributed by atoms with Crippen molar-refractivity contribution in [3.8, 4) is 6.07 Å². The van der Waals surface area contributed by atoms with E-state index in [-0.39, 0.29) is 53.2 Å². The number of carbonyl (C=O) groups excluding carboxylic acids is 3. The molecule has 13 heteroatoms. The van der Waals surface area contributed by atoms with E-state index in [2.05, 4.69) is 37.5 Å². The minimum absolute atomic E-state index is 0.0820. The molecule has 0 radical (unpaired) electrons. The predicted molar refractivity (Wildman–Crippen MR) is 204 cm³/mol. The Hall–Kier alpha value is -3.14. The van der Waals surface area contributed by atoms with Crippen LogP contribution in [-0.2, 0) is 30.1 Å². The molecule has 2 N–H and O–H groups in total. The molecule has 5 aliphatic rings. The van der Waals surface area contributed by atoms with E-state index in [1.165, 1.54) is 12.1 Å². The van der Waals surface area contributed by atoms with Crippen LogP contribution in [0, 0.1) is 40.4 Å². The summed E-state index contributed by atoms with van der Waals surface area (Å²) >= 11 is 12.6. The number of nitrogens with one attached hydrogen (secondary N) is 2. The molecule has 2 aromatic carbocycles. The number of hydrogen-bond donors (Lipinski definition) is 2. The van der Waals surface area contributed by atoms with Crippen molar-refractivity contribution in [1.82, 2.24) is 15.5 Å². The monoisotopic (exact) mass is 764 g/mol. The number of benzene rings is 2. The number of nitriles is 1. The minimum atomic E-state index is -1.14. The Morgan fingerprint density at radius 3 is 2.55 bits per heavy atom. The van der Waals surface area contributed by atoms with E-state index in [4.69, 9.17) is 37.2 Å². The number of hydrogen-bond acceptors (Lipinski definition) is 7. The standard InChI is InChI=1S/C40H51BCl2N4O6/c1-24(2)16-26(21-44)38(50)47-15-9-12-29(47)22-51-23-32(45-36(48)30-20-28(42)13-14-31(30)43)37(49)46-35(17-25-10-7-6-8-11-25)41-52-34-19-27-18-33(39(27,3)4)40(34,5)53-41/h6-8,10-11,13-14,20,24,26-27,29,32-35H,9,12,15-19,22-23H2,1-5H3,(H,45,48)(H,46,49)/t26?,27-,29-,32+,33+,34-,35+,40+/m1/s1. The van der Waals surface area contributed by atoms with Crippen molar-refractivity contribution < 1.29 is 28.4 Å². The number of likely N-dealkylation sites (tertiary alicyclic amines) is 1. The first kappa shape index (κ1) is 39.6. The van der Waals surface area contributed by atoms with E-state index in [1.807, 2.05) is 44.2 Å². The van der Waals surface area contributed by atoms with Crippen LogP contribution in [0.2, 0.25) is 10.0 Å². The van der Waals surface area contributed by atoms with Crippen LogP contribution in [0.5, 0.6) is 0 Å². The maximum absolute atomic E-state index is 14.3. The molecular formula is C40H51BCl2N4O6. The number of ether oxygens (including phenoxy) is 1. The Labute approximate surface area is 323 Å². The molecular weight excluding hydrogens is 714 g/mol. The molecule has 2 bridgehead atoms. The molecule has 3 amide bonds. The van der Waals surface area contributed by atoms with Gasteiger partial charge in [-0.2, -0.15) is 5.26 Å². The van der Waals surface area contributed by atoms with E-state index >= 15 is 0 Å². The third-order valence-electron chi connectivity index (χ3n) is 12.1. The Morgan fingerprint density at radius 1 is 1.09 bits per heavy atom. The molecule has 2 heterocycles. The van der Waals surface area contributed by atoms with Crippen LogP contribution >= 0.6 is 23.2 Å². The molecule has 2 saturated heterocycles. The largest absolute Gasteiger partial charge is 0.482 e. The quantitative estimate of drug-likeness (QED) is 0.217. The molecule has 2 aliphatic heterocycles. The topological polar surface area (TPSA) is 130 Å². The molecule has 53 heavy (non-hydrogen) atoms. The van der Waals surface area contributed by atoms with Crippen LogP contribution in [0.1, 0.15) is 82.6 Å². The summed E-state index contributed by atoms with van der Waals surface area (Å²) in [5.74, 6) is -1.44. The Bertz CT molecular complexity index is 1710. The van der Waals surface area contributed by atoms with E-state index in [0.29, 0.717) is 42.7 Å². The lowest BCUT2D eigenvalue weighted by Gasteiger charge is -2.64. The van der Waals surface area contributed by atoms with Crippen molar-refractivity contribution in [2.75, 3.05) is 19.8 Å². The Kier molecular flexibility index (Phi) is 12.2. The zero-order valence-corrected chi connectivity index (χ0v) is 32.8. The van der Waals surface area contributed by atoms with E-state index in [9.17, 15) is 19.6 Å². The first-order valence-corrected chi connectivity index (χ1v) is 19.7. The summed E-state index contributed by atoms with van der Waals surface area (Å²) in [5, 5.41) is 16.2. The number of nitrogens with zero attached hydrogens (tertiary/aromatic N) is 2. The van der Waals surface area contributed by atoms with E-state index < -0.39 is 42.4 Å². The van der Waals surface area contributed by atoms with Crippen LogP contribution < -0.4 is 10.6 Å². The zero-order chi connectivity index (χ0) is 38.1. The molecule has 10 nitrogen and oxygen atoms in total. The number of halogens is 2. The molecule has 3 aliphatic carbocycles. The highest BCUT2D eigenvalue weighted by molar-refractivity contribution is 6.48. The van der Waals surface area contributed by atoms with Crippen molar-refractivity contribution in [1.29, 1.82) is 5.26 Å². The molecule has 7 rings (SSSR count). The van der Waals surface area contributed by atoms with E-state index in [0.717, 1.165) is 24.8 Å². The molecule has 1 unspecified atom stereocenters. The first-order chi connectivity index (χ1) is 25.2. The fourth-order valence-electron chi connectivity index (χ4n) is 9.03. The maximum atomic E-state index is 14.3. The van der Waals surface area contributed by atoms with Crippen molar-refractivity contribution in [3.05, 3.63) is 69.7 Å². The van der Waals surface area contributed by atoms with Gasteiger partial charge in [-0.15, -0.1) is 0 Å². The SMILES string of the molecule is CC(C)CC(C#N)C(=O)N1CCC[C@@H]1COC[C@H](NC(=O)c1cc(Cl)ccc1Cl)C(=O)N[C@@H](Cc1ccccc1)B1O[C@@H]2C[C@H]3C[C@@H](C3(C)C)[C@]2(C)O1. The summed E-state index contributed by atoms with van der Waals surface area (Å²) in [5.41, 5.74) is 0.794. The minimum Gasteiger partial charge on any atom is -0.404 e. The van der Waals surface area contributed by atoms with Crippen LogP contribution in [0.3, 0.4) is 0 Å². The van der Waals surface area contributed by atoms with Crippen LogP contribution in [0.25, 0.3) is 0 Å². The van der Waals surface area contributed by atoms with Gasteiger partial charge in [0.1, 0.15) is 12.0 Å². The van der Waals surface area contributed by atoms with Gasteiger partial charge in [0.15, 0.2) is 0 Å². The number of rotatable bonds is 14. The van der Waals surface area contributed by atoms with Gasteiger partial charge in [-0.1, -0.05) is 81.2 Å². The second-order valence-corrected chi connectivity index (χ2v) is 17.3. The normalized spacial score (nSPS) is 27.3. The van der Waals surface area contributed by atoms with Gasteiger partial charge >= 0.3 is 7.12 Å². The van der Waals surface area contributed by atoms with Gasteiger partial charge in [0.05, 0.1) is 53.6 Å². The van der Waals surface area contributed by atoms with Crippen LogP contribution in [0.15, 0.2) is 48.5 Å². The van der Waals surface area contributed by atoms with Gasteiger partial charge in [-0.25, -0.2) is 0 Å². The van der Waals surface area contributed by atoms with E-state index in [1.54, 1.807) is 11.0 Å². The maximum Gasteiger partial charge on any atom is 0.482 e. The second kappa shape index (κ2) is 16.3. The van der Waals surface area contributed by atoms with Crippen LogP contribution in [0.4, 0.5) is 0 Å². The lowest BCUT2D eigenvalue weighted by molar-refractivity contribution is -0.199. The van der Waals surface area contributed by atoms with Gasteiger partial charge in [-0.05, 0) is 92.4 Å². The molecule has 284 valence electrons. The number of carbonyl (C=O) groups is 3. The second-order valence-electron chi connectivity index (χ2n) is 16.5.